The van der Waals surface area contributed by atoms with Crippen molar-refractivity contribution in [2.45, 2.75) is 24.0 Å². The van der Waals surface area contributed by atoms with Gasteiger partial charge in [-0.1, -0.05) is 11.8 Å². The molecule has 1 aliphatic rings. The third kappa shape index (κ3) is 3.65. The van der Waals surface area contributed by atoms with Crippen LogP contribution in [0.5, 0.6) is 0 Å². The Balaban J connectivity index is 1.54. The number of imidazole rings is 1. The van der Waals surface area contributed by atoms with Crippen molar-refractivity contribution >= 4 is 29.3 Å². The highest BCUT2D eigenvalue weighted by Crippen LogP contribution is 2.22. The van der Waals surface area contributed by atoms with Crippen molar-refractivity contribution in [1.82, 2.24) is 29.5 Å². The van der Waals surface area contributed by atoms with Gasteiger partial charge in [-0.05, 0) is 31.2 Å². The summed E-state index contributed by atoms with van der Waals surface area (Å²) in [5.41, 5.74) is 2.41. The Morgan fingerprint density at radius 3 is 2.59 bits per heavy atom. The lowest BCUT2D eigenvalue weighted by Crippen LogP contribution is -2.41. The molecule has 10 heteroatoms. The molecule has 3 aromatic heterocycles. The van der Waals surface area contributed by atoms with E-state index in [9.17, 15) is 4.79 Å². The molecule has 140 valence electrons. The Kier molecular flexibility index (Phi) is 4.80. The number of thioether (sulfide) groups is 1. The number of aromatic nitrogens is 5. The number of amides is 1. The van der Waals surface area contributed by atoms with E-state index >= 15 is 0 Å². The van der Waals surface area contributed by atoms with Gasteiger partial charge < -0.3 is 15.3 Å². The van der Waals surface area contributed by atoms with Gasteiger partial charge in [0.25, 0.3) is 0 Å². The van der Waals surface area contributed by atoms with Crippen molar-refractivity contribution in [2.24, 2.45) is 0 Å². The zero-order chi connectivity index (χ0) is 18.8. The Labute approximate surface area is 159 Å². The lowest BCUT2D eigenvalue weighted by molar-refractivity contribution is 0.133. The second kappa shape index (κ2) is 7.39. The van der Waals surface area contributed by atoms with Crippen molar-refractivity contribution in [3.8, 4) is 11.3 Å². The standard InChI is InChI=1S/C17H19N7O2S/c1-27-16-19-8-11(9-20-16)13-10-18-15-3-2-14(22-24(13)15)21-12-4-6-23(7-5-12)17(25)26/h2-3,8-10,12H,4-7H2,1H3,(H,21,22)(H,25,26). The van der Waals surface area contributed by atoms with Crippen LogP contribution in [0.1, 0.15) is 12.8 Å². The van der Waals surface area contributed by atoms with Crippen molar-refractivity contribution in [3.63, 3.8) is 0 Å². The first-order valence-electron chi connectivity index (χ1n) is 8.59. The second-order valence-corrected chi connectivity index (χ2v) is 7.05. The number of piperidine rings is 1. The monoisotopic (exact) mass is 385 g/mol. The van der Waals surface area contributed by atoms with Crippen molar-refractivity contribution in [2.75, 3.05) is 24.7 Å². The lowest BCUT2D eigenvalue weighted by Gasteiger charge is -2.30. The number of hydrogen-bond acceptors (Lipinski definition) is 7. The third-order valence-electron chi connectivity index (χ3n) is 4.59. The first kappa shape index (κ1) is 17.5. The van der Waals surface area contributed by atoms with Gasteiger partial charge in [-0.15, -0.1) is 5.10 Å². The number of rotatable bonds is 4. The SMILES string of the molecule is CSc1ncc(-c2cnc3ccc(NC4CCN(C(=O)O)CC4)nn23)cn1. The predicted molar refractivity (Wildman–Crippen MR) is 102 cm³/mol. The minimum Gasteiger partial charge on any atom is -0.465 e. The van der Waals surface area contributed by atoms with Crippen LogP contribution in [-0.4, -0.2) is 66.1 Å². The molecule has 1 amide bonds. The molecule has 1 fully saturated rings. The fourth-order valence-electron chi connectivity index (χ4n) is 3.13. The maximum atomic E-state index is 11.0. The summed E-state index contributed by atoms with van der Waals surface area (Å²) in [6, 6.07) is 3.99. The quantitative estimate of drug-likeness (QED) is 0.521. The molecule has 0 unspecified atom stereocenters. The van der Waals surface area contributed by atoms with E-state index in [4.69, 9.17) is 5.11 Å². The molecule has 0 radical (unpaired) electrons. The number of carbonyl (C=O) groups is 1. The van der Waals surface area contributed by atoms with Crippen molar-refractivity contribution in [3.05, 3.63) is 30.7 Å². The first-order valence-corrected chi connectivity index (χ1v) is 9.82. The lowest BCUT2D eigenvalue weighted by atomic mass is 10.1. The van der Waals surface area contributed by atoms with Crippen LogP contribution >= 0.6 is 11.8 Å². The Bertz CT molecular complexity index is 952. The Hall–Kier alpha value is -2.88. The van der Waals surface area contributed by atoms with Crippen molar-refractivity contribution < 1.29 is 9.90 Å². The molecule has 0 aliphatic carbocycles. The highest BCUT2D eigenvalue weighted by Gasteiger charge is 2.22. The molecule has 4 rings (SSSR count). The molecule has 2 N–H and O–H groups in total. The molecule has 4 heterocycles. The third-order valence-corrected chi connectivity index (χ3v) is 5.16. The molecule has 0 saturated carbocycles. The second-order valence-electron chi connectivity index (χ2n) is 6.28. The van der Waals surface area contributed by atoms with Gasteiger partial charge in [0.15, 0.2) is 10.8 Å². The summed E-state index contributed by atoms with van der Waals surface area (Å²) in [7, 11) is 0. The fraction of sp³-hybridized carbons (Fsp3) is 0.353. The van der Waals surface area contributed by atoms with E-state index in [1.807, 2.05) is 18.4 Å². The van der Waals surface area contributed by atoms with Crippen LogP contribution in [0.15, 0.2) is 35.9 Å². The summed E-state index contributed by atoms with van der Waals surface area (Å²) in [5.74, 6) is 0.733. The minimum absolute atomic E-state index is 0.196. The van der Waals surface area contributed by atoms with Gasteiger partial charge in [0.1, 0.15) is 5.82 Å². The van der Waals surface area contributed by atoms with Gasteiger partial charge in [0.2, 0.25) is 0 Å². The highest BCUT2D eigenvalue weighted by molar-refractivity contribution is 7.98. The summed E-state index contributed by atoms with van der Waals surface area (Å²) >= 11 is 1.49. The van der Waals surface area contributed by atoms with E-state index in [0.29, 0.717) is 13.1 Å². The number of nitrogens with zero attached hydrogens (tertiary/aromatic N) is 6. The van der Waals surface area contributed by atoms with E-state index in [-0.39, 0.29) is 6.04 Å². The smallest absolute Gasteiger partial charge is 0.407 e. The van der Waals surface area contributed by atoms with E-state index in [2.05, 4.69) is 25.4 Å². The molecule has 27 heavy (non-hydrogen) atoms. The number of carboxylic acid groups (broad SMARTS) is 1. The molecular formula is C17H19N7O2S. The van der Waals surface area contributed by atoms with Crippen LogP contribution in [0.3, 0.4) is 0 Å². The average molecular weight is 385 g/mol. The number of fused-ring (bicyclic) bond motifs is 1. The van der Waals surface area contributed by atoms with E-state index < -0.39 is 6.09 Å². The molecule has 1 aliphatic heterocycles. The molecule has 0 bridgehead atoms. The summed E-state index contributed by atoms with van der Waals surface area (Å²) in [6.07, 6.45) is 7.89. The van der Waals surface area contributed by atoms with Crippen LogP contribution in [0.4, 0.5) is 10.6 Å². The van der Waals surface area contributed by atoms with Crippen LogP contribution in [0, 0.1) is 0 Å². The normalized spacial score (nSPS) is 15.2. The van der Waals surface area contributed by atoms with Gasteiger partial charge >= 0.3 is 6.09 Å². The largest absolute Gasteiger partial charge is 0.465 e. The first-order chi connectivity index (χ1) is 13.1. The van der Waals surface area contributed by atoms with E-state index in [1.165, 1.54) is 16.7 Å². The van der Waals surface area contributed by atoms with Gasteiger partial charge in [-0.2, -0.15) is 0 Å². The predicted octanol–water partition coefficient (Wildman–Crippen LogP) is 2.46. The van der Waals surface area contributed by atoms with Crippen LogP contribution in [0.25, 0.3) is 16.9 Å². The molecule has 3 aromatic rings. The number of likely N-dealkylation sites (tertiary alicyclic amines) is 1. The van der Waals surface area contributed by atoms with Crippen LogP contribution in [0.2, 0.25) is 0 Å². The van der Waals surface area contributed by atoms with E-state index in [0.717, 1.165) is 40.7 Å². The molecule has 1 saturated heterocycles. The van der Waals surface area contributed by atoms with Gasteiger partial charge in [0.05, 0.1) is 11.9 Å². The molecular weight excluding hydrogens is 366 g/mol. The molecule has 9 nitrogen and oxygen atoms in total. The zero-order valence-electron chi connectivity index (χ0n) is 14.7. The maximum absolute atomic E-state index is 11.0. The molecule has 0 spiro atoms. The minimum atomic E-state index is -0.856. The summed E-state index contributed by atoms with van der Waals surface area (Å²) in [5, 5.41) is 17.8. The topological polar surface area (TPSA) is 109 Å². The average Bonchev–Trinajstić information content (AvgIpc) is 3.12. The van der Waals surface area contributed by atoms with E-state index in [1.54, 1.807) is 23.1 Å². The van der Waals surface area contributed by atoms with Gasteiger partial charge in [0, 0.05) is 37.1 Å². The van der Waals surface area contributed by atoms with Crippen molar-refractivity contribution in [1.29, 1.82) is 0 Å². The van der Waals surface area contributed by atoms with Crippen LogP contribution < -0.4 is 5.32 Å². The summed E-state index contributed by atoms with van der Waals surface area (Å²) in [4.78, 5) is 25.5. The number of hydrogen-bond donors (Lipinski definition) is 2. The Morgan fingerprint density at radius 2 is 1.93 bits per heavy atom. The summed E-state index contributed by atoms with van der Waals surface area (Å²) in [6.45, 7) is 1.06. The Morgan fingerprint density at radius 1 is 1.19 bits per heavy atom. The fourth-order valence-corrected chi connectivity index (χ4v) is 3.44. The zero-order valence-corrected chi connectivity index (χ0v) is 15.6. The maximum Gasteiger partial charge on any atom is 0.407 e. The van der Waals surface area contributed by atoms with Gasteiger partial charge in [-0.25, -0.2) is 24.3 Å². The molecule has 0 atom stereocenters. The molecule has 0 aromatic carbocycles. The van der Waals surface area contributed by atoms with Gasteiger partial charge in [-0.3, -0.25) is 0 Å². The van der Waals surface area contributed by atoms with Crippen LogP contribution in [-0.2, 0) is 0 Å². The number of nitrogens with one attached hydrogen (secondary N) is 1. The highest BCUT2D eigenvalue weighted by atomic mass is 32.2. The summed E-state index contributed by atoms with van der Waals surface area (Å²) < 4.78 is 1.77. The number of anilines is 1.